The quantitative estimate of drug-likeness (QED) is 0.870. The van der Waals surface area contributed by atoms with Crippen molar-refractivity contribution in [1.82, 2.24) is 0 Å². The molecular formula is C18H20N2O2S. The van der Waals surface area contributed by atoms with Gasteiger partial charge in [0.15, 0.2) is 0 Å². The zero-order valence-electron chi connectivity index (χ0n) is 13.5. The summed E-state index contributed by atoms with van der Waals surface area (Å²) in [6, 6.07) is 13.0. The van der Waals surface area contributed by atoms with E-state index in [9.17, 15) is 9.59 Å². The molecule has 5 heteroatoms. The van der Waals surface area contributed by atoms with Gasteiger partial charge in [0.05, 0.1) is 0 Å². The lowest BCUT2D eigenvalue weighted by Gasteiger charge is -2.13. The average Bonchev–Trinajstić information content (AvgIpc) is 2.52. The third kappa shape index (κ3) is 4.60. The number of rotatable bonds is 5. The van der Waals surface area contributed by atoms with Crippen LogP contribution in [0.3, 0.4) is 0 Å². The third-order valence-electron chi connectivity index (χ3n) is 3.42. The van der Waals surface area contributed by atoms with Gasteiger partial charge in [-0.3, -0.25) is 9.59 Å². The van der Waals surface area contributed by atoms with Crippen molar-refractivity contribution in [1.29, 1.82) is 0 Å². The van der Waals surface area contributed by atoms with Gasteiger partial charge in [-0.05, 0) is 48.6 Å². The van der Waals surface area contributed by atoms with Crippen LogP contribution >= 0.6 is 11.8 Å². The first-order valence-electron chi connectivity index (χ1n) is 7.27. The summed E-state index contributed by atoms with van der Waals surface area (Å²) < 4.78 is 0. The number of hydrogen-bond donors (Lipinski definition) is 2. The lowest BCUT2D eigenvalue weighted by molar-refractivity contribution is -0.114. The molecule has 0 bridgehead atoms. The van der Waals surface area contributed by atoms with E-state index in [4.69, 9.17) is 0 Å². The summed E-state index contributed by atoms with van der Waals surface area (Å²) in [6.07, 6.45) is 2.05. The molecule has 0 fully saturated rings. The number of hydrogen-bond acceptors (Lipinski definition) is 3. The Morgan fingerprint density at radius 2 is 1.61 bits per heavy atom. The van der Waals surface area contributed by atoms with Crippen LogP contribution in [0, 0.1) is 6.92 Å². The van der Waals surface area contributed by atoms with Gasteiger partial charge >= 0.3 is 0 Å². The summed E-state index contributed by atoms with van der Waals surface area (Å²) in [4.78, 5) is 23.6. The van der Waals surface area contributed by atoms with Crippen molar-refractivity contribution < 1.29 is 9.59 Å². The van der Waals surface area contributed by atoms with E-state index in [1.807, 2.05) is 49.6 Å². The molecule has 2 aromatic rings. The molecule has 2 rings (SSSR count). The topological polar surface area (TPSA) is 58.2 Å². The van der Waals surface area contributed by atoms with Crippen LogP contribution in [-0.4, -0.2) is 18.1 Å². The van der Waals surface area contributed by atoms with Crippen LogP contribution in [-0.2, 0) is 10.5 Å². The minimum atomic E-state index is -0.163. The van der Waals surface area contributed by atoms with Gasteiger partial charge in [0.1, 0.15) is 0 Å². The number of carbonyl (C=O) groups excluding carboxylic acids is 2. The Labute approximate surface area is 140 Å². The van der Waals surface area contributed by atoms with E-state index in [2.05, 4.69) is 10.6 Å². The predicted molar refractivity (Wildman–Crippen MR) is 97.1 cm³/mol. The van der Waals surface area contributed by atoms with Crippen LogP contribution < -0.4 is 10.6 Å². The van der Waals surface area contributed by atoms with Gasteiger partial charge in [0.2, 0.25) is 5.91 Å². The van der Waals surface area contributed by atoms with Crippen molar-refractivity contribution in [2.45, 2.75) is 19.6 Å². The van der Waals surface area contributed by atoms with E-state index in [-0.39, 0.29) is 11.8 Å². The molecule has 0 aliphatic heterocycles. The highest BCUT2D eigenvalue weighted by molar-refractivity contribution is 7.97. The number of benzene rings is 2. The molecule has 0 heterocycles. The molecule has 0 spiro atoms. The zero-order valence-corrected chi connectivity index (χ0v) is 14.3. The molecule has 0 saturated heterocycles. The van der Waals surface area contributed by atoms with Crippen LogP contribution in [0.5, 0.6) is 0 Å². The fourth-order valence-electron chi connectivity index (χ4n) is 2.21. The largest absolute Gasteiger partial charge is 0.326 e. The summed E-state index contributed by atoms with van der Waals surface area (Å²) >= 11 is 1.74. The standard InChI is InChI=1S/C18H20N2O2S/c1-12-16(19-13(2)21)5-4-6-17(12)20-18(22)15-9-7-14(8-10-15)11-23-3/h4-10H,11H2,1-3H3,(H,19,21)(H,20,22). The molecule has 4 nitrogen and oxygen atoms in total. The highest BCUT2D eigenvalue weighted by Crippen LogP contribution is 2.24. The summed E-state index contributed by atoms with van der Waals surface area (Å²) in [5.41, 5.74) is 4.02. The number of thioether (sulfide) groups is 1. The van der Waals surface area contributed by atoms with Crippen molar-refractivity contribution in [3.05, 3.63) is 59.2 Å². The molecule has 2 N–H and O–H groups in total. The number of carbonyl (C=O) groups is 2. The first kappa shape index (κ1) is 17.1. The molecule has 2 aromatic carbocycles. The van der Waals surface area contributed by atoms with Gasteiger partial charge in [0.25, 0.3) is 5.91 Å². The molecule has 0 unspecified atom stereocenters. The van der Waals surface area contributed by atoms with E-state index in [0.717, 1.165) is 11.3 Å². The third-order valence-corrected chi connectivity index (χ3v) is 4.04. The normalized spacial score (nSPS) is 10.2. The van der Waals surface area contributed by atoms with E-state index in [1.165, 1.54) is 12.5 Å². The van der Waals surface area contributed by atoms with Crippen molar-refractivity contribution in [3.8, 4) is 0 Å². The van der Waals surface area contributed by atoms with Gasteiger partial charge in [-0.2, -0.15) is 11.8 Å². The maximum atomic E-state index is 12.4. The van der Waals surface area contributed by atoms with Gasteiger partial charge in [-0.1, -0.05) is 18.2 Å². The predicted octanol–water partition coefficient (Wildman–Crippen LogP) is 4.07. The van der Waals surface area contributed by atoms with Gasteiger partial charge in [-0.15, -0.1) is 0 Å². The molecule has 0 radical (unpaired) electrons. The Hall–Kier alpha value is -2.27. The zero-order chi connectivity index (χ0) is 16.8. The molecule has 0 aromatic heterocycles. The van der Waals surface area contributed by atoms with E-state index >= 15 is 0 Å². The highest BCUT2D eigenvalue weighted by Gasteiger charge is 2.10. The first-order chi connectivity index (χ1) is 11.0. The molecule has 0 aliphatic rings. The monoisotopic (exact) mass is 328 g/mol. The Bertz CT molecular complexity index is 711. The molecule has 0 atom stereocenters. The van der Waals surface area contributed by atoms with E-state index in [0.29, 0.717) is 16.9 Å². The van der Waals surface area contributed by atoms with Crippen LogP contribution in [0.25, 0.3) is 0 Å². The second-order valence-electron chi connectivity index (χ2n) is 5.24. The Balaban J connectivity index is 2.15. The lowest BCUT2D eigenvalue weighted by Crippen LogP contribution is -2.14. The summed E-state index contributed by atoms with van der Waals surface area (Å²) in [5.74, 6) is 0.629. The average molecular weight is 328 g/mol. The van der Waals surface area contributed by atoms with Crippen molar-refractivity contribution in [2.24, 2.45) is 0 Å². The summed E-state index contributed by atoms with van der Waals surface area (Å²) in [7, 11) is 0. The maximum Gasteiger partial charge on any atom is 0.255 e. The number of amides is 2. The van der Waals surface area contributed by atoms with Crippen molar-refractivity contribution >= 4 is 35.0 Å². The van der Waals surface area contributed by atoms with E-state index < -0.39 is 0 Å². The fraction of sp³-hybridized carbons (Fsp3) is 0.222. The Morgan fingerprint density at radius 3 is 2.17 bits per heavy atom. The Kier molecular flexibility index (Phi) is 5.82. The lowest BCUT2D eigenvalue weighted by atomic mass is 10.1. The second-order valence-corrected chi connectivity index (χ2v) is 6.11. The Morgan fingerprint density at radius 1 is 1.00 bits per heavy atom. The van der Waals surface area contributed by atoms with Crippen LogP contribution in [0.4, 0.5) is 11.4 Å². The van der Waals surface area contributed by atoms with Gasteiger partial charge < -0.3 is 10.6 Å². The van der Waals surface area contributed by atoms with Gasteiger partial charge in [-0.25, -0.2) is 0 Å². The molecule has 120 valence electrons. The van der Waals surface area contributed by atoms with Crippen molar-refractivity contribution in [3.63, 3.8) is 0 Å². The van der Waals surface area contributed by atoms with E-state index in [1.54, 1.807) is 17.8 Å². The molecular weight excluding hydrogens is 308 g/mol. The van der Waals surface area contributed by atoms with Crippen LogP contribution in [0.2, 0.25) is 0 Å². The molecule has 0 saturated carbocycles. The summed E-state index contributed by atoms with van der Waals surface area (Å²) in [6.45, 7) is 3.32. The summed E-state index contributed by atoms with van der Waals surface area (Å²) in [5, 5.41) is 5.65. The fourth-order valence-corrected chi connectivity index (χ4v) is 2.74. The molecule has 0 aliphatic carbocycles. The van der Waals surface area contributed by atoms with Crippen LogP contribution in [0.15, 0.2) is 42.5 Å². The SMILES string of the molecule is CSCc1ccc(C(=O)Nc2cccc(NC(C)=O)c2C)cc1. The maximum absolute atomic E-state index is 12.4. The second kappa shape index (κ2) is 7.83. The highest BCUT2D eigenvalue weighted by atomic mass is 32.2. The van der Waals surface area contributed by atoms with Gasteiger partial charge in [0, 0.05) is 29.6 Å². The minimum Gasteiger partial charge on any atom is -0.326 e. The number of anilines is 2. The smallest absolute Gasteiger partial charge is 0.255 e. The molecule has 2 amide bonds. The number of nitrogens with one attached hydrogen (secondary N) is 2. The van der Waals surface area contributed by atoms with Crippen molar-refractivity contribution in [2.75, 3.05) is 16.9 Å². The minimum absolute atomic E-state index is 0.138. The first-order valence-corrected chi connectivity index (χ1v) is 8.67. The van der Waals surface area contributed by atoms with Crippen LogP contribution in [0.1, 0.15) is 28.4 Å². The molecule has 23 heavy (non-hydrogen) atoms.